The molecule has 0 aliphatic heterocycles. The standard InChI is InChI=1S/C9H16O3/c1-2-3-4-6-9(11,12)7-5-8-10/h5,7-8,11-12H,2-4,6H2,1H3. The fourth-order valence-electron chi connectivity index (χ4n) is 0.912. The molecule has 2 N–H and O–H groups in total. The van der Waals surface area contributed by atoms with E-state index in [1.165, 1.54) is 0 Å². The molecule has 0 amide bonds. The fourth-order valence-corrected chi connectivity index (χ4v) is 0.912. The van der Waals surface area contributed by atoms with Gasteiger partial charge in [0.1, 0.15) is 6.29 Å². The fraction of sp³-hybridized carbons (Fsp3) is 0.667. The summed E-state index contributed by atoms with van der Waals surface area (Å²) < 4.78 is 0. The van der Waals surface area contributed by atoms with Crippen LogP contribution in [0.4, 0.5) is 0 Å². The Hall–Kier alpha value is -0.670. The molecule has 0 aliphatic rings. The van der Waals surface area contributed by atoms with Gasteiger partial charge in [-0.2, -0.15) is 0 Å². The van der Waals surface area contributed by atoms with E-state index in [2.05, 4.69) is 0 Å². The van der Waals surface area contributed by atoms with Crippen molar-refractivity contribution in [1.29, 1.82) is 0 Å². The summed E-state index contributed by atoms with van der Waals surface area (Å²) in [6.45, 7) is 2.04. The van der Waals surface area contributed by atoms with Crippen LogP contribution in [0.25, 0.3) is 0 Å². The summed E-state index contributed by atoms with van der Waals surface area (Å²) >= 11 is 0. The molecule has 0 radical (unpaired) electrons. The molecule has 12 heavy (non-hydrogen) atoms. The molecular weight excluding hydrogens is 156 g/mol. The van der Waals surface area contributed by atoms with Crippen molar-refractivity contribution in [2.45, 2.75) is 38.4 Å². The maximum absolute atomic E-state index is 9.87. The minimum absolute atomic E-state index is 0.283. The maximum Gasteiger partial charge on any atom is 0.182 e. The first-order valence-electron chi connectivity index (χ1n) is 4.20. The lowest BCUT2D eigenvalue weighted by Crippen LogP contribution is -2.24. The third-order valence-corrected chi connectivity index (χ3v) is 1.59. The van der Waals surface area contributed by atoms with Crippen molar-refractivity contribution in [1.82, 2.24) is 0 Å². The molecule has 0 fully saturated rings. The van der Waals surface area contributed by atoms with E-state index in [1.54, 1.807) is 0 Å². The van der Waals surface area contributed by atoms with Crippen LogP contribution in [0.2, 0.25) is 0 Å². The molecule has 0 spiro atoms. The number of unbranched alkanes of at least 4 members (excludes halogenated alkanes) is 2. The average Bonchev–Trinajstić information content (AvgIpc) is 2.01. The van der Waals surface area contributed by atoms with Crippen LogP contribution in [0.3, 0.4) is 0 Å². The lowest BCUT2D eigenvalue weighted by atomic mass is 10.1. The Bertz CT molecular complexity index is 150. The number of allylic oxidation sites excluding steroid dienone is 1. The molecule has 0 aliphatic carbocycles. The molecule has 0 heterocycles. The van der Waals surface area contributed by atoms with Crippen molar-refractivity contribution in [2.75, 3.05) is 0 Å². The molecule has 0 saturated heterocycles. The summed E-state index contributed by atoms with van der Waals surface area (Å²) in [5, 5.41) is 18.4. The van der Waals surface area contributed by atoms with Gasteiger partial charge in [0.25, 0.3) is 0 Å². The summed E-state index contributed by atoms with van der Waals surface area (Å²) in [7, 11) is 0. The topological polar surface area (TPSA) is 57.5 Å². The van der Waals surface area contributed by atoms with Crippen LogP contribution in [0.15, 0.2) is 12.2 Å². The molecule has 0 aromatic rings. The van der Waals surface area contributed by atoms with Gasteiger partial charge in [0.05, 0.1) is 0 Å². The summed E-state index contributed by atoms with van der Waals surface area (Å²) in [5.74, 6) is -1.81. The van der Waals surface area contributed by atoms with Gasteiger partial charge in [-0.05, 0) is 18.6 Å². The number of aliphatic hydroxyl groups is 2. The molecule has 0 atom stereocenters. The summed E-state index contributed by atoms with van der Waals surface area (Å²) in [6.07, 6.45) is 5.78. The first kappa shape index (κ1) is 11.3. The molecule has 0 bridgehead atoms. The SMILES string of the molecule is CCCCCC(O)(O)C=CC=O. The second-order valence-electron chi connectivity index (χ2n) is 2.83. The smallest absolute Gasteiger partial charge is 0.182 e. The normalized spacial score (nSPS) is 12.2. The number of hydrogen-bond acceptors (Lipinski definition) is 3. The largest absolute Gasteiger partial charge is 0.362 e. The maximum atomic E-state index is 9.87. The zero-order valence-corrected chi connectivity index (χ0v) is 7.36. The summed E-state index contributed by atoms with van der Waals surface area (Å²) in [6, 6.07) is 0. The molecule has 0 saturated carbocycles. The van der Waals surface area contributed by atoms with Crippen LogP contribution < -0.4 is 0 Å². The zero-order valence-electron chi connectivity index (χ0n) is 7.36. The predicted octanol–water partition coefficient (Wildman–Crippen LogP) is 1.00. The Kier molecular flexibility index (Phi) is 5.58. The Balaban J connectivity index is 3.70. The van der Waals surface area contributed by atoms with Gasteiger partial charge in [0.15, 0.2) is 5.79 Å². The van der Waals surface area contributed by atoms with Crippen molar-refractivity contribution < 1.29 is 15.0 Å². The van der Waals surface area contributed by atoms with Crippen molar-refractivity contribution in [3.8, 4) is 0 Å². The Morgan fingerprint density at radius 2 is 2.00 bits per heavy atom. The monoisotopic (exact) mass is 172 g/mol. The van der Waals surface area contributed by atoms with E-state index in [4.69, 9.17) is 0 Å². The molecule has 3 heteroatoms. The van der Waals surface area contributed by atoms with E-state index in [-0.39, 0.29) is 6.42 Å². The minimum atomic E-state index is -1.81. The van der Waals surface area contributed by atoms with E-state index in [9.17, 15) is 15.0 Å². The highest BCUT2D eigenvalue weighted by molar-refractivity contribution is 5.64. The van der Waals surface area contributed by atoms with E-state index in [0.29, 0.717) is 6.29 Å². The van der Waals surface area contributed by atoms with E-state index < -0.39 is 5.79 Å². The molecular formula is C9H16O3. The van der Waals surface area contributed by atoms with Crippen molar-refractivity contribution in [3.63, 3.8) is 0 Å². The van der Waals surface area contributed by atoms with E-state index in [1.807, 2.05) is 6.92 Å². The van der Waals surface area contributed by atoms with Gasteiger partial charge in [-0.15, -0.1) is 0 Å². The Morgan fingerprint density at radius 1 is 1.33 bits per heavy atom. The third kappa shape index (κ3) is 6.07. The number of hydrogen-bond donors (Lipinski definition) is 2. The van der Waals surface area contributed by atoms with Gasteiger partial charge >= 0.3 is 0 Å². The van der Waals surface area contributed by atoms with E-state index >= 15 is 0 Å². The molecule has 0 rings (SSSR count). The zero-order chi connectivity index (χ0) is 9.45. The van der Waals surface area contributed by atoms with Gasteiger partial charge in [0.2, 0.25) is 0 Å². The van der Waals surface area contributed by atoms with Crippen molar-refractivity contribution in [2.24, 2.45) is 0 Å². The van der Waals surface area contributed by atoms with Crippen LogP contribution in [0.1, 0.15) is 32.6 Å². The quantitative estimate of drug-likeness (QED) is 0.272. The number of carbonyl (C=O) groups excluding carboxylic acids is 1. The Labute approximate surface area is 72.7 Å². The van der Waals surface area contributed by atoms with Gasteiger partial charge in [-0.25, -0.2) is 0 Å². The second kappa shape index (κ2) is 5.91. The number of carbonyl (C=O) groups is 1. The lowest BCUT2D eigenvalue weighted by molar-refractivity contribution is -0.125. The third-order valence-electron chi connectivity index (χ3n) is 1.59. The van der Waals surface area contributed by atoms with Crippen LogP contribution >= 0.6 is 0 Å². The first-order chi connectivity index (χ1) is 5.62. The first-order valence-corrected chi connectivity index (χ1v) is 4.20. The molecule has 70 valence electrons. The minimum Gasteiger partial charge on any atom is -0.362 e. The number of aldehydes is 1. The van der Waals surface area contributed by atoms with Crippen LogP contribution in [-0.4, -0.2) is 22.3 Å². The van der Waals surface area contributed by atoms with Crippen molar-refractivity contribution in [3.05, 3.63) is 12.2 Å². The Morgan fingerprint density at radius 3 is 2.50 bits per heavy atom. The lowest BCUT2D eigenvalue weighted by Gasteiger charge is -2.16. The highest BCUT2D eigenvalue weighted by atomic mass is 16.5. The van der Waals surface area contributed by atoms with Crippen LogP contribution in [0, 0.1) is 0 Å². The van der Waals surface area contributed by atoms with Crippen LogP contribution in [0.5, 0.6) is 0 Å². The van der Waals surface area contributed by atoms with Crippen molar-refractivity contribution >= 4 is 6.29 Å². The molecule has 0 unspecified atom stereocenters. The highest BCUT2D eigenvalue weighted by Gasteiger charge is 2.17. The van der Waals surface area contributed by atoms with Gasteiger partial charge < -0.3 is 10.2 Å². The number of rotatable bonds is 6. The molecule has 0 aromatic heterocycles. The summed E-state index contributed by atoms with van der Waals surface area (Å²) in [5.41, 5.74) is 0. The predicted molar refractivity (Wildman–Crippen MR) is 46.5 cm³/mol. The van der Waals surface area contributed by atoms with E-state index in [0.717, 1.165) is 31.4 Å². The van der Waals surface area contributed by atoms with Gasteiger partial charge in [-0.3, -0.25) is 4.79 Å². The van der Waals surface area contributed by atoms with Crippen LogP contribution in [-0.2, 0) is 4.79 Å². The van der Waals surface area contributed by atoms with Gasteiger partial charge in [0, 0.05) is 6.42 Å². The summed E-state index contributed by atoms with van der Waals surface area (Å²) in [4.78, 5) is 9.87. The second-order valence-corrected chi connectivity index (χ2v) is 2.83. The van der Waals surface area contributed by atoms with Gasteiger partial charge in [-0.1, -0.05) is 19.8 Å². The average molecular weight is 172 g/mol. The molecule has 3 nitrogen and oxygen atoms in total. The molecule has 0 aromatic carbocycles. The highest BCUT2D eigenvalue weighted by Crippen LogP contribution is 2.12.